The molecule has 0 unspecified atom stereocenters. The summed E-state index contributed by atoms with van der Waals surface area (Å²) in [6.07, 6.45) is 1.70. The third-order valence-electron chi connectivity index (χ3n) is 4.25. The van der Waals surface area contributed by atoms with Crippen molar-refractivity contribution in [2.24, 2.45) is 5.92 Å². The Labute approximate surface area is 128 Å². The van der Waals surface area contributed by atoms with Gasteiger partial charge in [0.1, 0.15) is 0 Å². The van der Waals surface area contributed by atoms with Crippen LogP contribution in [-0.2, 0) is 10.2 Å². The van der Waals surface area contributed by atoms with Gasteiger partial charge in [-0.25, -0.2) is 0 Å². The minimum Gasteiger partial charge on any atom is -0.347 e. The average molecular weight is 329 g/mol. The van der Waals surface area contributed by atoms with Crippen LogP contribution in [0.1, 0.15) is 22.5 Å². The molecule has 2 fully saturated rings. The summed E-state index contributed by atoms with van der Waals surface area (Å²) in [5.41, 5.74) is 0. The Morgan fingerprint density at radius 2 is 2.19 bits per heavy atom. The fraction of sp³-hybridized carbons (Fsp3) is 0.615. The molecule has 1 saturated carbocycles. The summed E-state index contributed by atoms with van der Waals surface area (Å²) in [7, 11) is -0.328. The number of rotatable bonds is 4. The molecule has 0 spiro atoms. The number of hydrogen-bond acceptors (Lipinski definition) is 4. The van der Waals surface area contributed by atoms with Crippen LogP contribution >= 0.6 is 11.3 Å². The molecule has 0 aromatic carbocycles. The standard InChI is InChI=1S/C13H19N3O3S2/c1-15(2)21(18,19)16-8-9-6-10(11(16)7-9)14-13(17)12-4-3-5-20-12/h3-5,9-11H,6-8H2,1-2H3,(H,14,17)/t9-,10+,11-/m1/s1. The summed E-state index contributed by atoms with van der Waals surface area (Å²) in [6.45, 7) is 0.566. The molecule has 2 heterocycles. The minimum absolute atomic E-state index is 0.0897. The second kappa shape index (κ2) is 5.35. The van der Waals surface area contributed by atoms with Crippen LogP contribution < -0.4 is 5.32 Å². The number of fused-ring (bicyclic) bond motifs is 2. The van der Waals surface area contributed by atoms with Gasteiger partial charge >= 0.3 is 0 Å². The Balaban J connectivity index is 1.73. The van der Waals surface area contributed by atoms with E-state index in [2.05, 4.69) is 5.32 Å². The summed E-state index contributed by atoms with van der Waals surface area (Å²) in [5, 5.41) is 4.86. The van der Waals surface area contributed by atoms with Crippen LogP contribution in [0, 0.1) is 5.92 Å². The fourth-order valence-corrected chi connectivity index (χ4v) is 5.27. The van der Waals surface area contributed by atoms with Crippen molar-refractivity contribution in [1.29, 1.82) is 0 Å². The Kier molecular flexibility index (Phi) is 3.81. The molecule has 2 aliphatic rings. The molecule has 6 nitrogen and oxygen atoms in total. The molecular formula is C13H19N3O3S2. The van der Waals surface area contributed by atoms with Gasteiger partial charge in [-0.3, -0.25) is 4.79 Å². The topological polar surface area (TPSA) is 69.7 Å². The van der Waals surface area contributed by atoms with E-state index in [-0.39, 0.29) is 18.0 Å². The van der Waals surface area contributed by atoms with Gasteiger partial charge in [-0.05, 0) is 30.2 Å². The number of piperidine rings is 1. The molecule has 8 heteroatoms. The lowest BCUT2D eigenvalue weighted by Gasteiger charge is -2.34. The van der Waals surface area contributed by atoms with Crippen molar-refractivity contribution in [3.8, 4) is 0 Å². The van der Waals surface area contributed by atoms with Crippen LogP contribution in [-0.4, -0.2) is 55.7 Å². The fourth-order valence-electron chi connectivity index (χ4n) is 3.25. The Morgan fingerprint density at radius 3 is 2.76 bits per heavy atom. The van der Waals surface area contributed by atoms with E-state index in [0.717, 1.165) is 12.8 Å². The first kappa shape index (κ1) is 15.0. The van der Waals surface area contributed by atoms with E-state index >= 15 is 0 Å². The lowest BCUT2D eigenvalue weighted by atomic mass is 10.1. The maximum absolute atomic E-state index is 12.3. The predicted molar refractivity (Wildman–Crippen MR) is 81.4 cm³/mol. The number of amides is 1. The van der Waals surface area contributed by atoms with E-state index in [1.54, 1.807) is 24.5 Å². The normalized spacial score (nSPS) is 29.2. The zero-order valence-electron chi connectivity index (χ0n) is 12.0. The summed E-state index contributed by atoms with van der Waals surface area (Å²) in [5.74, 6) is 0.239. The van der Waals surface area contributed by atoms with E-state index in [1.165, 1.54) is 15.6 Å². The first-order chi connectivity index (χ1) is 9.89. The quantitative estimate of drug-likeness (QED) is 0.886. The number of nitrogens with zero attached hydrogens (tertiary/aromatic N) is 2. The molecule has 3 rings (SSSR count). The highest BCUT2D eigenvalue weighted by Crippen LogP contribution is 2.39. The average Bonchev–Trinajstić information content (AvgIpc) is 3.14. The van der Waals surface area contributed by atoms with Crippen molar-refractivity contribution < 1.29 is 13.2 Å². The van der Waals surface area contributed by atoms with Crippen LogP contribution in [0.2, 0.25) is 0 Å². The molecule has 1 aliphatic carbocycles. The monoisotopic (exact) mass is 329 g/mol. The van der Waals surface area contributed by atoms with Crippen molar-refractivity contribution in [1.82, 2.24) is 13.9 Å². The van der Waals surface area contributed by atoms with Gasteiger partial charge in [0.15, 0.2) is 0 Å². The zero-order valence-corrected chi connectivity index (χ0v) is 13.7. The molecule has 21 heavy (non-hydrogen) atoms. The van der Waals surface area contributed by atoms with E-state index in [1.807, 2.05) is 11.4 Å². The van der Waals surface area contributed by atoms with Crippen molar-refractivity contribution in [2.45, 2.75) is 24.9 Å². The molecule has 1 aromatic heterocycles. The number of hydrogen-bond donors (Lipinski definition) is 1. The largest absolute Gasteiger partial charge is 0.347 e. The summed E-state index contributed by atoms with van der Waals surface area (Å²) in [6, 6.07) is 3.41. The second-order valence-corrected chi connectivity index (χ2v) is 8.86. The Morgan fingerprint density at radius 1 is 1.43 bits per heavy atom. The molecule has 1 N–H and O–H groups in total. The molecular weight excluding hydrogens is 310 g/mol. The molecule has 3 atom stereocenters. The molecule has 1 saturated heterocycles. The smallest absolute Gasteiger partial charge is 0.281 e. The third kappa shape index (κ3) is 2.61. The van der Waals surface area contributed by atoms with Crippen molar-refractivity contribution in [3.05, 3.63) is 22.4 Å². The summed E-state index contributed by atoms with van der Waals surface area (Å²) >= 11 is 1.39. The molecule has 2 bridgehead atoms. The summed E-state index contributed by atoms with van der Waals surface area (Å²) < 4.78 is 27.4. The van der Waals surface area contributed by atoms with Crippen LogP contribution in [0.5, 0.6) is 0 Å². The first-order valence-corrected chi connectivity index (χ1v) is 9.21. The van der Waals surface area contributed by atoms with Crippen molar-refractivity contribution in [2.75, 3.05) is 20.6 Å². The van der Waals surface area contributed by atoms with Gasteiger partial charge in [0.2, 0.25) is 0 Å². The van der Waals surface area contributed by atoms with Gasteiger partial charge in [-0.1, -0.05) is 6.07 Å². The molecule has 1 aliphatic heterocycles. The van der Waals surface area contributed by atoms with E-state index in [0.29, 0.717) is 17.3 Å². The van der Waals surface area contributed by atoms with Crippen LogP contribution in [0.25, 0.3) is 0 Å². The van der Waals surface area contributed by atoms with Gasteiger partial charge in [0.25, 0.3) is 16.1 Å². The highest BCUT2D eigenvalue weighted by Gasteiger charge is 2.50. The SMILES string of the molecule is CN(C)S(=O)(=O)N1C[C@@H]2C[C@H](NC(=O)c3cccs3)[C@H]1C2. The molecule has 1 amide bonds. The minimum atomic E-state index is -3.41. The lowest BCUT2D eigenvalue weighted by molar-refractivity contribution is 0.0920. The van der Waals surface area contributed by atoms with Gasteiger partial charge in [0.05, 0.1) is 4.88 Å². The van der Waals surface area contributed by atoms with Crippen molar-refractivity contribution >= 4 is 27.5 Å². The van der Waals surface area contributed by atoms with Crippen LogP contribution in [0.3, 0.4) is 0 Å². The summed E-state index contributed by atoms with van der Waals surface area (Å²) in [4.78, 5) is 12.8. The Bertz CT molecular complexity index is 627. The third-order valence-corrected chi connectivity index (χ3v) is 7.06. The maximum atomic E-state index is 12.3. The number of thiophene rings is 1. The number of carbonyl (C=O) groups excluding carboxylic acids is 1. The van der Waals surface area contributed by atoms with E-state index < -0.39 is 10.2 Å². The highest BCUT2D eigenvalue weighted by molar-refractivity contribution is 7.86. The highest BCUT2D eigenvalue weighted by atomic mass is 32.2. The molecule has 1 aromatic rings. The Hall–Kier alpha value is -0.960. The van der Waals surface area contributed by atoms with Crippen LogP contribution in [0.15, 0.2) is 17.5 Å². The van der Waals surface area contributed by atoms with Crippen molar-refractivity contribution in [3.63, 3.8) is 0 Å². The van der Waals surface area contributed by atoms with E-state index in [4.69, 9.17) is 0 Å². The van der Waals surface area contributed by atoms with Gasteiger partial charge in [-0.2, -0.15) is 17.0 Å². The second-order valence-electron chi connectivity index (χ2n) is 5.82. The zero-order chi connectivity index (χ0) is 15.2. The lowest BCUT2D eigenvalue weighted by Crippen LogP contribution is -2.54. The van der Waals surface area contributed by atoms with Crippen LogP contribution in [0.4, 0.5) is 0 Å². The molecule has 116 valence electrons. The predicted octanol–water partition coefficient (Wildman–Crippen LogP) is 0.747. The van der Waals surface area contributed by atoms with Gasteiger partial charge < -0.3 is 5.32 Å². The van der Waals surface area contributed by atoms with E-state index in [9.17, 15) is 13.2 Å². The van der Waals surface area contributed by atoms with Gasteiger partial charge in [-0.15, -0.1) is 11.3 Å². The number of nitrogens with one attached hydrogen (secondary N) is 1. The van der Waals surface area contributed by atoms with Gasteiger partial charge in [0, 0.05) is 32.7 Å². The molecule has 0 radical (unpaired) electrons. The first-order valence-electron chi connectivity index (χ1n) is 6.93. The maximum Gasteiger partial charge on any atom is 0.281 e. The number of carbonyl (C=O) groups is 1.